The number of halogens is 1. The molecule has 0 aliphatic rings. The Kier molecular flexibility index (Phi) is 3.02. The standard InChI is InChI=1S/C9H8INO2/c1-5-2-8(10)7(9(11)13)3-6(5)4-12/h2-4H,1H3,(H2,11,13). The minimum absolute atomic E-state index is 0.397. The van der Waals surface area contributed by atoms with E-state index in [0.29, 0.717) is 11.1 Å². The van der Waals surface area contributed by atoms with Gasteiger partial charge in [-0.1, -0.05) is 0 Å². The minimum Gasteiger partial charge on any atom is -0.366 e. The molecule has 1 rings (SSSR count). The van der Waals surface area contributed by atoms with E-state index in [2.05, 4.69) is 0 Å². The molecule has 4 heteroatoms. The number of primary amides is 1. The van der Waals surface area contributed by atoms with Crippen LogP contribution in [-0.2, 0) is 0 Å². The molecule has 68 valence electrons. The second kappa shape index (κ2) is 3.87. The number of carbonyl (C=O) groups excluding carboxylic acids is 2. The molecule has 1 aromatic carbocycles. The van der Waals surface area contributed by atoms with Crippen LogP contribution in [0.25, 0.3) is 0 Å². The lowest BCUT2D eigenvalue weighted by Gasteiger charge is -2.03. The largest absolute Gasteiger partial charge is 0.366 e. The highest BCUT2D eigenvalue weighted by Gasteiger charge is 2.08. The maximum absolute atomic E-state index is 10.9. The molecule has 0 spiro atoms. The number of benzene rings is 1. The molecule has 0 heterocycles. The van der Waals surface area contributed by atoms with E-state index in [0.717, 1.165) is 15.4 Å². The monoisotopic (exact) mass is 289 g/mol. The highest BCUT2D eigenvalue weighted by atomic mass is 127. The molecular formula is C9H8INO2. The lowest BCUT2D eigenvalue weighted by molar-refractivity contribution is 0.0999. The fourth-order valence-corrected chi connectivity index (χ4v) is 1.89. The van der Waals surface area contributed by atoms with Crippen molar-refractivity contribution in [2.45, 2.75) is 6.92 Å². The van der Waals surface area contributed by atoms with Gasteiger partial charge in [0, 0.05) is 9.13 Å². The molecule has 0 saturated heterocycles. The topological polar surface area (TPSA) is 60.2 Å². The average molecular weight is 289 g/mol. The van der Waals surface area contributed by atoms with Crippen LogP contribution in [0.1, 0.15) is 26.3 Å². The van der Waals surface area contributed by atoms with Gasteiger partial charge in [-0.25, -0.2) is 0 Å². The highest BCUT2D eigenvalue weighted by molar-refractivity contribution is 14.1. The molecule has 0 fully saturated rings. The summed E-state index contributed by atoms with van der Waals surface area (Å²) in [5.41, 5.74) is 6.88. The Labute approximate surface area is 89.5 Å². The van der Waals surface area contributed by atoms with Gasteiger partial charge in [0.15, 0.2) is 0 Å². The van der Waals surface area contributed by atoms with Crippen LogP contribution in [0.5, 0.6) is 0 Å². The van der Waals surface area contributed by atoms with E-state index < -0.39 is 5.91 Å². The molecule has 3 nitrogen and oxygen atoms in total. The summed E-state index contributed by atoms with van der Waals surface area (Å²) in [4.78, 5) is 21.5. The van der Waals surface area contributed by atoms with Crippen molar-refractivity contribution < 1.29 is 9.59 Å². The molecule has 0 aliphatic carbocycles. The number of aldehydes is 1. The summed E-state index contributed by atoms with van der Waals surface area (Å²) in [5.74, 6) is -0.507. The fraction of sp³-hybridized carbons (Fsp3) is 0.111. The predicted molar refractivity (Wildman–Crippen MR) is 57.8 cm³/mol. The summed E-state index contributed by atoms with van der Waals surface area (Å²) in [6.07, 6.45) is 0.720. The van der Waals surface area contributed by atoms with E-state index >= 15 is 0 Å². The lowest BCUT2D eigenvalue weighted by atomic mass is 10.1. The smallest absolute Gasteiger partial charge is 0.249 e. The maximum atomic E-state index is 10.9. The SMILES string of the molecule is Cc1cc(I)c(C(N)=O)cc1C=O. The van der Waals surface area contributed by atoms with Crippen LogP contribution in [-0.4, -0.2) is 12.2 Å². The highest BCUT2D eigenvalue weighted by Crippen LogP contribution is 2.16. The quantitative estimate of drug-likeness (QED) is 0.662. The predicted octanol–water partition coefficient (Wildman–Crippen LogP) is 1.51. The number of amides is 1. The van der Waals surface area contributed by atoms with Gasteiger partial charge in [-0.2, -0.15) is 0 Å². The first-order chi connectivity index (χ1) is 6.06. The number of carbonyl (C=O) groups is 2. The van der Waals surface area contributed by atoms with Gasteiger partial charge in [0.1, 0.15) is 6.29 Å². The third-order valence-corrected chi connectivity index (χ3v) is 2.64. The first kappa shape index (κ1) is 10.2. The Morgan fingerprint density at radius 2 is 2.15 bits per heavy atom. The van der Waals surface area contributed by atoms with E-state index in [9.17, 15) is 9.59 Å². The first-order valence-electron chi connectivity index (χ1n) is 3.61. The molecular weight excluding hydrogens is 281 g/mol. The van der Waals surface area contributed by atoms with E-state index in [4.69, 9.17) is 5.73 Å². The molecule has 1 amide bonds. The van der Waals surface area contributed by atoms with Gasteiger partial charge < -0.3 is 5.73 Å². The molecule has 0 unspecified atom stereocenters. The van der Waals surface area contributed by atoms with E-state index in [-0.39, 0.29) is 0 Å². The van der Waals surface area contributed by atoms with Crippen LogP contribution in [0, 0.1) is 10.5 Å². The summed E-state index contributed by atoms with van der Waals surface area (Å²) < 4.78 is 0.771. The minimum atomic E-state index is -0.507. The van der Waals surface area contributed by atoms with Crippen molar-refractivity contribution >= 4 is 34.8 Å². The molecule has 0 bridgehead atoms. The Hall–Kier alpha value is -0.910. The van der Waals surface area contributed by atoms with Crippen LogP contribution in [0.15, 0.2) is 12.1 Å². The zero-order chi connectivity index (χ0) is 10.0. The van der Waals surface area contributed by atoms with Crippen molar-refractivity contribution in [2.75, 3.05) is 0 Å². The van der Waals surface area contributed by atoms with E-state index in [1.54, 1.807) is 6.07 Å². The van der Waals surface area contributed by atoms with Crippen LogP contribution in [0.4, 0.5) is 0 Å². The van der Waals surface area contributed by atoms with Crippen molar-refractivity contribution in [3.63, 3.8) is 0 Å². The van der Waals surface area contributed by atoms with Crippen LogP contribution in [0.3, 0.4) is 0 Å². The van der Waals surface area contributed by atoms with Gasteiger partial charge in [0.05, 0.1) is 5.56 Å². The van der Waals surface area contributed by atoms with Gasteiger partial charge >= 0.3 is 0 Å². The normalized spacial score (nSPS) is 9.69. The maximum Gasteiger partial charge on any atom is 0.249 e. The van der Waals surface area contributed by atoms with E-state index in [1.165, 1.54) is 6.07 Å². The Balaban J connectivity index is 3.38. The molecule has 1 aromatic rings. The van der Waals surface area contributed by atoms with Crippen molar-refractivity contribution in [1.29, 1.82) is 0 Å². The zero-order valence-electron chi connectivity index (χ0n) is 7.00. The molecule has 0 aliphatic heterocycles. The number of hydrogen-bond acceptors (Lipinski definition) is 2. The van der Waals surface area contributed by atoms with Crippen LogP contribution < -0.4 is 5.73 Å². The Morgan fingerprint density at radius 1 is 1.54 bits per heavy atom. The van der Waals surface area contributed by atoms with Gasteiger partial charge in [0.2, 0.25) is 5.91 Å². The number of aryl methyl sites for hydroxylation is 1. The molecule has 0 aromatic heterocycles. The summed E-state index contributed by atoms with van der Waals surface area (Å²) >= 11 is 2.02. The molecule has 13 heavy (non-hydrogen) atoms. The van der Waals surface area contributed by atoms with Crippen molar-refractivity contribution in [3.8, 4) is 0 Å². The van der Waals surface area contributed by atoms with Gasteiger partial charge in [0.25, 0.3) is 0 Å². The second-order valence-electron chi connectivity index (χ2n) is 2.67. The first-order valence-corrected chi connectivity index (χ1v) is 4.69. The van der Waals surface area contributed by atoms with Crippen molar-refractivity contribution in [3.05, 3.63) is 32.4 Å². The summed E-state index contributed by atoms with van der Waals surface area (Å²) in [6, 6.07) is 3.29. The number of nitrogens with two attached hydrogens (primary N) is 1. The molecule has 2 N–H and O–H groups in total. The summed E-state index contributed by atoms with van der Waals surface area (Å²) in [5, 5.41) is 0. The fourth-order valence-electron chi connectivity index (χ4n) is 1.01. The lowest BCUT2D eigenvalue weighted by Crippen LogP contribution is -2.13. The van der Waals surface area contributed by atoms with Crippen molar-refractivity contribution in [1.82, 2.24) is 0 Å². The van der Waals surface area contributed by atoms with Gasteiger partial charge in [-0.3, -0.25) is 9.59 Å². The van der Waals surface area contributed by atoms with Crippen LogP contribution >= 0.6 is 22.6 Å². The number of rotatable bonds is 2. The van der Waals surface area contributed by atoms with Gasteiger partial charge in [-0.15, -0.1) is 0 Å². The van der Waals surface area contributed by atoms with Crippen LogP contribution in [0.2, 0.25) is 0 Å². The Bertz CT molecular complexity index is 374. The third kappa shape index (κ3) is 2.06. The Morgan fingerprint density at radius 3 is 2.62 bits per heavy atom. The average Bonchev–Trinajstić information content (AvgIpc) is 2.03. The summed E-state index contributed by atoms with van der Waals surface area (Å²) in [6.45, 7) is 1.82. The summed E-state index contributed by atoms with van der Waals surface area (Å²) in [7, 11) is 0. The molecule has 0 saturated carbocycles. The number of hydrogen-bond donors (Lipinski definition) is 1. The molecule has 0 atom stereocenters. The second-order valence-corrected chi connectivity index (χ2v) is 3.83. The third-order valence-electron chi connectivity index (χ3n) is 1.75. The van der Waals surface area contributed by atoms with Crippen molar-refractivity contribution in [2.24, 2.45) is 5.73 Å². The van der Waals surface area contributed by atoms with E-state index in [1.807, 2.05) is 29.5 Å². The molecule has 0 radical (unpaired) electrons. The van der Waals surface area contributed by atoms with Gasteiger partial charge in [-0.05, 0) is 47.2 Å². The zero-order valence-corrected chi connectivity index (χ0v) is 9.16.